The molecule has 1 aliphatic rings. The molecule has 3 rings (SSSR count). The summed E-state index contributed by atoms with van der Waals surface area (Å²) < 4.78 is 0. The summed E-state index contributed by atoms with van der Waals surface area (Å²) >= 11 is 0. The molecule has 1 fully saturated rings. The fraction of sp³-hybridized carbons (Fsp3) is 0.357. The summed E-state index contributed by atoms with van der Waals surface area (Å²) in [6.45, 7) is 2.23. The van der Waals surface area contributed by atoms with Gasteiger partial charge in [-0.15, -0.1) is 0 Å². The molecule has 2 N–H and O–H groups in total. The number of nitrogens with one attached hydrogen (secondary N) is 1. The molecule has 0 spiro atoms. The van der Waals surface area contributed by atoms with Gasteiger partial charge in [0.15, 0.2) is 0 Å². The van der Waals surface area contributed by atoms with Gasteiger partial charge in [-0.1, -0.05) is 6.92 Å². The summed E-state index contributed by atoms with van der Waals surface area (Å²) in [4.78, 5) is 19.3. The van der Waals surface area contributed by atoms with Crippen molar-refractivity contribution >= 4 is 22.7 Å². The number of carboxylic acids is 1. The number of aromatic carboxylic acids is 1. The Morgan fingerprint density at radius 1 is 1.37 bits per heavy atom. The first-order valence-corrected chi connectivity index (χ1v) is 6.38. The normalized spacial score (nSPS) is 21.9. The average Bonchev–Trinajstić information content (AvgIpc) is 2.36. The van der Waals surface area contributed by atoms with Gasteiger partial charge in [0.05, 0.1) is 11.1 Å². The van der Waals surface area contributed by atoms with Crippen LogP contribution in [0.4, 0.5) is 5.82 Å². The predicted molar refractivity (Wildman–Crippen MR) is 72.3 cm³/mol. The fourth-order valence-corrected chi connectivity index (χ4v) is 2.52. The maximum Gasteiger partial charge on any atom is 0.335 e. The predicted octanol–water partition coefficient (Wildman–Crippen LogP) is 2.54. The molecule has 1 saturated carbocycles. The standard InChI is InChI=1S/C14H15N3O2/c1-8-4-10(5-8)17-13-11-3-2-9(14(18)19)6-12(11)15-7-16-13/h2-3,6-8,10H,4-5H2,1H3,(H,18,19)(H,15,16,17). The van der Waals surface area contributed by atoms with E-state index in [0.29, 0.717) is 11.6 Å². The minimum Gasteiger partial charge on any atom is -0.478 e. The molecular formula is C14H15N3O2. The van der Waals surface area contributed by atoms with Crippen LogP contribution < -0.4 is 5.32 Å². The molecule has 0 unspecified atom stereocenters. The molecular weight excluding hydrogens is 242 g/mol. The van der Waals surface area contributed by atoms with Crippen LogP contribution in [0, 0.1) is 5.92 Å². The van der Waals surface area contributed by atoms with E-state index in [-0.39, 0.29) is 5.56 Å². The van der Waals surface area contributed by atoms with E-state index >= 15 is 0 Å². The molecule has 1 aromatic heterocycles. The highest BCUT2D eigenvalue weighted by Crippen LogP contribution is 2.30. The maximum atomic E-state index is 10.9. The van der Waals surface area contributed by atoms with Crippen LogP contribution in [0.3, 0.4) is 0 Å². The SMILES string of the molecule is CC1CC(Nc2ncnc3cc(C(=O)O)ccc23)C1. The van der Waals surface area contributed by atoms with Crippen molar-refractivity contribution in [3.63, 3.8) is 0 Å². The lowest BCUT2D eigenvalue weighted by Gasteiger charge is -2.33. The summed E-state index contributed by atoms with van der Waals surface area (Å²) in [5.74, 6) is 0.617. The summed E-state index contributed by atoms with van der Waals surface area (Å²) in [7, 11) is 0. The Kier molecular flexibility index (Phi) is 2.81. The first-order chi connectivity index (χ1) is 9.13. The lowest BCUT2D eigenvalue weighted by Crippen LogP contribution is -2.34. The monoisotopic (exact) mass is 257 g/mol. The van der Waals surface area contributed by atoms with Crippen molar-refractivity contribution in [1.82, 2.24) is 9.97 Å². The second-order valence-corrected chi connectivity index (χ2v) is 5.18. The summed E-state index contributed by atoms with van der Waals surface area (Å²) in [5, 5.41) is 13.2. The van der Waals surface area contributed by atoms with Gasteiger partial charge in [-0.2, -0.15) is 0 Å². The van der Waals surface area contributed by atoms with E-state index < -0.39 is 5.97 Å². The maximum absolute atomic E-state index is 10.9. The van der Waals surface area contributed by atoms with Crippen molar-refractivity contribution in [2.45, 2.75) is 25.8 Å². The van der Waals surface area contributed by atoms with Crippen LogP contribution in [0.5, 0.6) is 0 Å². The molecule has 1 aromatic carbocycles. The number of aromatic nitrogens is 2. The van der Waals surface area contributed by atoms with Crippen LogP contribution in [0.25, 0.3) is 10.9 Å². The molecule has 19 heavy (non-hydrogen) atoms. The van der Waals surface area contributed by atoms with Crippen molar-refractivity contribution in [2.75, 3.05) is 5.32 Å². The molecule has 1 aliphatic carbocycles. The smallest absolute Gasteiger partial charge is 0.335 e. The summed E-state index contributed by atoms with van der Waals surface area (Å²) in [6, 6.07) is 5.40. The van der Waals surface area contributed by atoms with E-state index in [1.807, 2.05) is 0 Å². The zero-order valence-electron chi connectivity index (χ0n) is 10.6. The molecule has 1 heterocycles. The van der Waals surface area contributed by atoms with Crippen LogP contribution in [0.15, 0.2) is 24.5 Å². The molecule has 0 atom stereocenters. The zero-order valence-corrected chi connectivity index (χ0v) is 10.6. The van der Waals surface area contributed by atoms with E-state index in [1.54, 1.807) is 18.2 Å². The van der Waals surface area contributed by atoms with Gasteiger partial charge in [0.2, 0.25) is 0 Å². The Morgan fingerprint density at radius 3 is 2.84 bits per heavy atom. The average molecular weight is 257 g/mol. The number of fused-ring (bicyclic) bond motifs is 1. The van der Waals surface area contributed by atoms with Crippen molar-refractivity contribution in [2.24, 2.45) is 5.92 Å². The number of nitrogens with zero attached hydrogens (tertiary/aromatic N) is 2. The fourth-order valence-electron chi connectivity index (χ4n) is 2.52. The second-order valence-electron chi connectivity index (χ2n) is 5.18. The third-order valence-corrected chi connectivity index (χ3v) is 3.60. The van der Waals surface area contributed by atoms with E-state index in [2.05, 4.69) is 22.2 Å². The third-order valence-electron chi connectivity index (χ3n) is 3.60. The van der Waals surface area contributed by atoms with Crippen molar-refractivity contribution in [1.29, 1.82) is 0 Å². The van der Waals surface area contributed by atoms with Gasteiger partial charge in [-0.05, 0) is 37.0 Å². The highest BCUT2D eigenvalue weighted by Gasteiger charge is 2.25. The van der Waals surface area contributed by atoms with Gasteiger partial charge in [0, 0.05) is 11.4 Å². The number of hydrogen-bond acceptors (Lipinski definition) is 4. The van der Waals surface area contributed by atoms with Crippen LogP contribution in [0.1, 0.15) is 30.1 Å². The van der Waals surface area contributed by atoms with Gasteiger partial charge >= 0.3 is 5.97 Å². The molecule has 2 aromatic rings. The summed E-state index contributed by atoms with van der Waals surface area (Å²) in [6.07, 6.45) is 3.77. The molecule has 0 amide bonds. The largest absolute Gasteiger partial charge is 0.478 e. The first kappa shape index (κ1) is 11.9. The molecule has 0 saturated heterocycles. The second kappa shape index (κ2) is 4.50. The van der Waals surface area contributed by atoms with Crippen molar-refractivity contribution in [3.8, 4) is 0 Å². The number of hydrogen-bond donors (Lipinski definition) is 2. The Morgan fingerprint density at radius 2 is 2.16 bits per heavy atom. The first-order valence-electron chi connectivity index (χ1n) is 6.38. The van der Waals surface area contributed by atoms with Gasteiger partial charge in [0.1, 0.15) is 12.1 Å². The molecule has 0 aliphatic heterocycles. The lowest BCUT2D eigenvalue weighted by atomic mass is 9.82. The van der Waals surface area contributed by atoms with Crippen LogP contribution in [-0.4, -0.2) is 27.1 Å². The zero-order chi connectivity index (χ0) is 13.4. The number of benzene rings is 1. The lowest BCUT2D eigenvalue weighted by molar-refractivity contribution is 0.0697. The van der Waals surface area contributed by atoms with E-state index in [0.717, 1.165) is 30.0 Å². The van der Waals surface area contributed by atoms with Gasteiger partial charge < -0.3 is 10.4 Å². The minimum atomic E-state index is -0.942. The highest BCUT2D eigenvalue weighted by molar-refractivity contribution is 5.96. The molecule has 0 bridgehead atoms. The van der Waals surface area contributed by atoms with Crippen molar-refractivity contribution in [3.05, 3.63) is 30.1 Å². The quantitative estimate of drug-likeness (QED) is 0.883. The Hall–Kier alpha value is -2.17. The van der Waals surface area contributed by atoms with E-state index in [1.165, 1.54) is 6.33 Å². The van der Waals surface area contributed by atoms with Gasteiger partial charge in [-0.3, -0.25) is 0 Å². The Balaban J connectivity index is 1.94. The van der Waals surface area contributed by atoms with Crippen LogP contribution in [-0.2, 0) is 0 Å². The molecule has 5 heteroatoms. The van der Waals surface area contributed by atoms with Gasteiger partial charge in [0.25, 0.3) is 0 Å². The third kappa shape index (κ3) is 2.23. The van der Waals surface area contributed by atoms with Crippen molar-refractivity contribution < 1.29 is 9.90 Å². The Labute approximate surface area is 110 Å². The van der Waals surface area contributed by atoms with E-state index in [9.17, 15) is 4.79 Å². The molecule has 98 valence electrons. The number of carboxylic acid groups (broad SMARTS) is 1. The number of anilines is 1. The van der Waals surface area contributed by atoms with Crippen LogP contribution in [0.2, 0.25) is 0 Å². The summed E-state index contributed by atoms with van der Waals surface area (Å²) in [5.41, 5.74) is 0.902. The molecule has 0 radical (unpaired) electrons. The topological polar surface area (TPSA) is 75.1 Å². The molecule has 5 nitrogen and oxygen atoms in total. The number of carbonyl (C=O) groups is 1. The number of rotatable bonds is 3. The van der Waals surface area contributed by atoms with Gasteiger partial charge in [-0.25, -0.2) is 14.8 Å². The minimum absolute atomic E-state index is 0.245. The van der Waals surface area contributed by atoms with E-state index in [4.69, 9.17) is 5.11 Å². The Bertz CT molecular complexity index is 636. The van der Waals surface area contributed by atoms with Crippen LogP contribution >= 0.6 is 0 Å². The highest BCUT2D eigenvalue weighted by atomic mass is 16.4.